The number of aliphatic hydroxyl groups excluding tert-OH is 1. The van der Waals surface area contributed by atoms with Gasteiger partial charge in [-0.2, -0.15) is 0 Å². The van der Waals surface area contributed by atoms with Gasteiger partial charge in [-0.1, -0.05) is 13.8 Å². The molecule has 21 heavy (non-hydrogen) atoms. The van der Waals surface area contributed by atoms with Gasteiger partial charge in [0, 0.05) is 40.5 Å². The molecule has 3 atom stereocenters. The van der Waals surface area contributed by atoms with Crippen molar-refractivity contribution in [3.63, 3.8) is 0 Å². The summed E-state index contributed by atoms with van der Waals surface area (Å²) in [7, 11) is 3.50. The summed E-state index contributed by atoms with van der Waals surface area (Å²) < 4.78 is 10.4. The molecule has 0 aromatic heterocycles. The number of methoxy groups -OCH3 is 2. The smallest absolute Gasteiger partial charge is 0.0589 e. The molecule has 0 heterocycles. The molecule has 4 nitrogen and oxygen atoms in total. The molecular formula is C17H35NO3. The topological polar surface area (TPSA) is 41.9 Å². The molecule has 0 aromatic rings. The van der Waals surface area contributed by atoms with Crippen LogP contribution in [0.3, 0.4) is 0 Å². The molecular weight excluding hydrogens is 266 g/mol. The van der Waals surface area contributed by atoms with Gasteiger partial charge in [0.05, 0.1) is 12.7 Å². The number of aliphatic hydroxyl groups is 1. The molecule has 1 aliphatic carbocycles. The SMILES string of the molecule is COCCCN(CCOC)CC1CC(C(C)C)CCC1O. The van der Waals surface area contributed by atoms with E-state index in [1.165, 1.54) is 6.42 Å². The lowest BCUT2D eigenvalue weighted by molar-refractivity contribution is 0.0132. The Balaban J connectivity index is 2.48. The van der Waals surface area contributed by atoms with E-state index in [1.807, 2.05) is 0 Å². The van der Waals surface area contributed by atoms with Gasteiger partial charge in [0.25, 0.3) is 0 Å². The molecule has 0 bridgehead atoms. The van der Waals surface area contributed by atoms with E-state index < -0.39 is 0 Å². The van der Waals surface area contributed by atoms with Gasteiger partial charge in [0.2, 0.25) is 0 Å². The summed E-state index contributed by atoms with van der Waals surface area (Å²) in [5, 5.41) is 10.3. The van der Waals surface area contributed by atoms with Crippen LogP contribution in [0.15, 0.2) is 0 Å². The Bertz CT molecular complexity index is 260. The Hall–Kier alpha value is -0.160. The van der Waals surface area contributed by atoms with Crippen LogP contribution in [-0.2, 0) is 9.47 Å². The van der Waals surface area contributed by atoms with E-state index in [-0.39, 0.29) is 6.10 Å². The minimum absolute atomic E-state index is 0.132. The number of hydrogen-bond acceptors (Lipinski definition) is 4. The third-order valence-corrected chi connectivity index (χ3v) is 4.85. The molecule has 0 spiro atoms. The minimum atomic E-state index is -0.132. The zero-order valence-corrected chi connectivity index (χ0v) is 14.4. The predicted molar refractivity (Wildman–Crippen MR) is 86.5 cm³/mol. The molecule has 1 N–H and O–H groups in total. The molecule has 0 aliphatic heterocycles. The molecule has 1 fully saturated rings. The maximum Gasteiger partial charge on any atom is 0.0589 e. The minimum Gasteiger partial charge on any atom is -0.393 e. The summed E-state index contributed by atoms with van der Waals surface area (Å²) in [6.45, 7) is 9.11. The molecule has 1 saturated carbocycles. The van der Waals surface area contributed by atoms with E-state index in [4.69, 9.17) is 9.47 Å². The molecule has 0 amide bonds. The van der Waals surface area contributed by atoms with Crippen LogP contribution in [0.25, 0.3) is 0 Å². The average molecular weight is 301 g/mol. The van der Waals surface area contributed by atoms with Crippen LogP contribution in [0.2, 0.25) is 0 Å². The average Bonchev–Trinajstić information content (AvgIpc) is 2.46. The highest BCUT2D eigenvalue weighted by Gasteiger charge is 2.31. The van der Waals surface area contributed by atoms with Gasteiger partial charge in [-0.3, -0.25) is 0 Å². The Labute approximate surface area is 130 Å². The van der Waals surface area contributed by atoms with Gasteiger partial charge in [0.15, 0.2) is 0 Å². The summed E-state index contributed by atoms with van der Waals surface area (Å²) in [4.78, 5) is 2.43. The molecule has 126 valence electrons. The van der Waals surface area contributed by atoms with E-state index >= 15 is 0 Å². The Kier molecular flexibility index (Phi) is 9.49. The highest BCUT2D eigenvalue weighted by atomic mass is 16.5. The van der Waals surface area contributed by atoms with Crippen LogP contribution in [0, 0.1) is 17.8 Å². The lowest BCUT2D eigenvalue weighted by Crippen LogP contribution is -2.41. The Morgan fingerprint density at radius 1 is 1.10 bits per heavy atom. The van der Waals surface area contributed by atoms with Crippen LogP contribution < -0.4 is 0 Å². The largest absolute Gasteiger partial charge is 0.393 e. The lowest BCUT2D eigenvalue weighted by atomic mass is 9.74. The zero-order valence-electron chi connectivity index (χ0n) is 14.4. The third kappa shape index (κ3) is 7.09. The molecule has 0 saturated heterocycles. The van der Waals surface area contributed by atoms with E-state index in [1.54, 1.807) is 14.2 Å². The van der Waals surface area contributed by atoms with Crippen molar-refractivity contribution >= 4 is 0 Å². The van der Waals surface area contributed by atoms with Crippen molar-refractivity contribution < 1.29 is 14.6 Å². The summed E-state index contributed by atoms with van der Waals surface area (Å²) in [5.41, 5.74) is 0. The van der Waals surface area contributed by atoms with E-state index in [9.17, 15) is 5.11 Å². The Morgan fingerprint density at radius 3 is 2.43 bits per heavy atom. The molecule has 1 aliphatic rings. The molecule has 4 heteroatoms. The first-order valence-electron chi connectivity index (χ1n) is 8.46. The van der Waals surface area contributed by atoms with Crippen molar-refractivity contribution in [2.75, 3.05) is 47.1 Å². The third-order valence-electron chi connectivity index (χ3n) is 4.85. The van der Waals surface area contributed by atoms with Crippen LogP contribution in [0.1, 0.15) is 39.5 Å². The van der Waals surface area contributed by atoms with Gasteiger partial charge < -0.3 is 19.5 Å². The predicted octanol–water partition coefficient (Wildman–Crippen LogP) is 2.40. The standard InChI is InChI=1S/C17H35NO3/c1-14(2)15-6-7-17(19)16(12-15)13-18(9-11-21-4)8-5-10-20-3/h14-17,19H,5-13H2,1-4H3. The van der Waals surface area contributed by atoms with Crippen LogP contribution in [-0.4, -0.2) is 63.2 Å². The summed E-state index contributed by atoms with van der Waals surface area (Å²) in [6, 6.07) is 0. The second-order valence-electron chi connectivity index (χ2n) is 6.78. The normalized spacial score (nSPS) is 26.7. The number of rotatable bonds is 10. The number of nitrogens with zero attached hydrogens (tertiary/aromatic N) is 1. The molecule has 1 rings (SSSR count). The summed E-state index contributed by atoms with van der Waals surface area (Å²) >= 11 is 0. The maximum absolute atomic E-state index is 10.3. The summed E-state index contributed by atoms with van der Waals surface area (Å²) in [5.74, 6) is 1.90. The zero-order chi connectivity index (χ0) is 15.7. The highest BCUT2D eigenvalue weighted by Crippen LogP contribution is 2.34. The highest BCUT2D eigenvalue weighted by molar-refractivity contribution is 4.83. The fourth-order valence-electron chi connectivity index (χ4n) is 3.36. The van der Waals surface area contributed by atoms with Gasteiger partial charge >= 0.3 is 0 Å². The van der Waals surface area contributed by atoms with Crippen molar-refractivity contribution in [3.05, 3.63) is 0 Å². The first-order chi connectivity index (χ1) is 10.1. The molecule has 0 radical (unpaired) electrons. The molecule has 0 aromatic carbocycles. The lowest BCUT2D eigenvalue weighted by Gasteiger charge is -2.38. The van der Waals surface area contributed by atoms with Gasteiger partial charge in [0.1, 0.15) is 0 Å². The monoisotopic (exact) mass is 301 g/mol. The van der Waals surface area contributed by atoms with E-state index in [0.717, 1.165) is 63.9 Å². The quantitative estimate of drug-likeness (QED) is 0.629. The summed E-state index contributed by atoms with van der Waals surface area (Å²) in [6.07, 6.45) is 4.21. The van der Waals surface area contributed by atoms with Crippen LogP contribution >= 0.6 is 0 Å². The van der Waals surface area contributed by atoms with Crippen molar-refractivity contribution in [2.45, 2.75) is 45.6 Å². The Morgan fingerprint density at radius 2 is 1.81 bits per heavy atom. The second kappa shape index (κ2) is 10.5. The maximum atomic E-state index is 10.3. The van der Waals surface area contributed by atoms with Crippen molar-refractivity contribution in [3.8, 4) is 0 Å². The first-order valence-corrected chi connectivity index (χ1v) is 8.46. The van der Waals surface area contributed by atoms with Crippen LogP contribution in [0.5, 0.6) is 0 Å². The fourth-order valence-corrected chi connectivity index (χ4v) is 3.36. The van der Waals surface area contributed by atoms with Crippen LogP contribution in [0.4, 0.5) is 0 Å². The van der Waals surface area contributed by atoms with Crippen molar-refractivity contribution in [2.24, 2.45) is 17.8 Å². The molecule has 3 unspecified atom stereocenters. The van der Waals surface area contributed by atoms with Crippen molar-refractivity contribution in [1.29, 1.82) is 0 Å². The first kappa shape index (κ1) is 18.9. The van der Waals surface area contributed by atoms with Gasteiger partial charge in [-0.15, -0.1) is 0 Å². The second-order valence-corrected chi connectivity index (χ2v) is 6.78. The number of hydrogen-bond donors (Lipinski definition) is 1. The van der Waals surface area contributed by atoms with E-state index in [2.05, 4.69) is 18.7 Å². The fraction of sp³-hybridized carbons (Fsp3) is 1.00. The van der Waals surface area contributed by atoms with Gasteiger partial charge in [-0.25, -0.2) is 0 Å². The van der Waals surface area contributed by atoms with Crippen molar-refractivity contribution in [1.82, 2.24) is 4.90 Å². The van der Waals surface area contributed by atoms with E-state index in [0.29, 0.717) is 5.92 Å². The van der Waals surface area contributed by atoms with Gasteiger partial charge in [-0.05, 0) is 43.4 Å². The number of ether oxygens (including phenoxy) is 2.